The molecule has 0 heterocycles. The smallest absolute Gasteiger partial charge is 0.137 e. The zero-order valence-corrected chi connectivity index (χ0v) is 10.4. The Morgan fingerprint density at radius 3 is 2.71 bits per heavy atom. The van der Waals surface area contributed by atoms with Gasteiger partial charge in [0.25, 0.3) is 0 Å². The molecule has 0 spiro atoms. The van der Waals surface area contributed by atoms with Gasteiger partial charge in [-0.05, 0) is 23.1 Å². The van der Waals surface area contributed by atoms with Gasteiger partial charge in [0.1, 0.15) is 11.9 Å². The number of aryl methyl sites for hydroxylation is 1. The third-order valence-corrected chi connectivity index (χ3v) is 3.56. The number of aliphatic hydroxyl groups excluding tert-OH is 2. The van der Waals surface area contributed by atoms with Crippen molar-refractivity contribution in [1.82, 2.24) is 0 Å². The van der Waals surface area contributed by atoms with Crippen molar-refractivity contribution in [2.45, 2.75) is 31.5 Å². The Morgan fingerprint density at radius 2 is 2.00 bits per heavy atom. The summed E-state index contributed by atoms with van der Waals surface area (Å²) in [5, 5.41) is 19.4. The van der Waals surface area contributed by atoms with E-state index in [2.05, 4.69) is 12.6 Å². The molecule has 1 aliphatic carbocycles. The predicted octanol–water partition coefficient (Wildman–Crippen LogP) is 1.07. The Hall–Kier alpha value is -0.840. The summed E-state index contributed by atoms with van der Waals surface area (Å²) in [5.74, 6) is 0.484. The molecule has 0 aromatic heterocycles. The summed E-state index contributed by atoms with van der Waals surface area (Å²) in [4.78, 5) is 11.3. The SMILES string of the molecule is O=C1CCc2cc(C(O)C(O)CS)ccc2C1. The quantitative estimate of drug-likeness (QED) is 0.705. The topological polar surface area (TPSA) is 57.5 Å². The van der Waals surface area contributed by atoms with E-state index in [1.165, 1.54) is 0 Å². The van der Waals surface area contributed by atoms with Gasteiger partial charge in [0.15, 0.2) is 0 Å². The van der Waals surface area contributed by atoms with Crippen molar-refractivity contribution in [3.8, 4) is 0 Å². The lowest BCUT2D eigenvalue weighted by molar-refractivity contribution is -0.118. The van der Waals surface area contributed by atoms with Crippen molar-refractivity contribution in [2.75, 3.05) is 5.75 Å². The van der Waals surface area contributed by atoms with Crippen LogP contribution in [0.3, 0.4) is 0 Å². The van der Waals surface area contributed by atoms with Crippen LogP contribution in [0.15, 0.2) is 18.2 Å². The average Bonchev–Trinajstić information content (AvgIpc) is 2.36. The third kappa shape index (κ3) is 2.70. The molecule has 0 saturated heterocycles. The molecule has 4 heteroatoms. The summed E-state index contributed by atoms with van der Waals surface area (Å²) >= 11 is 3.96. The number of hydrogen-bond donors (Lipinski definition) is 3. The highest BCUT2D eigenvalue weighted by Gasteiger charge is 2.20. The van der Waals surface area contributed by atoms with Gasteiger partial charge < -0.3 is 10.2 Å². The number of hydrogen-bond acceptors (Lipinski definition) is 4. The summed E-state index contributed by atoms with van der Waals surface area (Å²) in [7, 11) is 0. The number of Topliss-reactive ketones (excluding diaryl/α,β-unsaturated/α-hetero) is 1. The summed E-state index contributed by atoms with van der Waals surface area (Å²) in [6.45, 7) is 0. The molecule has 3 nitrogen and oxygen atoms in total. The normalized spacial score (nSPS) is 18.6. The molecule has 0 saturated carbocycles. The molecular formula is C13H16O3S. The van der Waals surface area contributed by atoms with E-state index >= 15 is 0 Å². The van der Waals surface area contributed by atoms with Gasteiger partial charge in [-0.25, -0.2) is 0 Å². The molecule has 2 rings (SSSR count). The van der Waals surface area contributed by atoms with Gasteiger partial charge in [0, 0.05) is 18.6 Å². The molecule has 0 fully saturated rings. The van der Waals surface area contributed by atoms with E-state index in [1.807, 2.05) is 12.1 Å². The van der Waals surface area contributed by atoms with E-state index in [-0.39, 0.29) is 11.5 Å². The van der Waals surface area contributed by atoms with Crippen molar-refractivity contribution in [1.29, 1.82) is 0 Å². The number of carbonyl (C=O) groups is 1. The van der Waals surface area contributed by atoms with Gasteiger partial charge in [0.2, 0.25) is 0 Å². The molecule has 17 heavy (non-hydrogen) atoms. The van der Waals surface area contributed by atoms with E-state index in [0.717, 1.165) is 17.5 Å². The van der Waals surface area contributed by atoms with Crippen LogP contribution in [0.25, 0.3) is 0 Å². The molecule has 2 N–H and O–H groups in total. The summed E-state index contributed by atoms with van der Waals surface area (Å²) in [6.07, 6.45) is 0.0193. The molecule has 2 atom stereocenters. The Labute approximate surface area is 106 Å². The molecule has 1 aromatic rings. The van der Waals surface area contributed by atoms with Crippen molar-refractivity contribution in [3.05, 3.63) is 34.9 Å². The average molecular weight is 252 g/mol. The van der Waals surface area contributed by atoms with Gasteiger partial charge in [-0.2, -0.15) is 12.6 Å². The standard InChI is InChI=1S/C13H16O3S/c14-11-4-3-8-5-10(2-1-9(8)6-11)13(16)12(15)7-17/h1-2,5,12-13,15-17H,3-4,6-7H2. The van der Waals surface area contributed by atoms with Gasteiger partial charge in [-0.1, -0.05) is 18.2 Å². The monoisotopic (exact) mass is 252 g/mol. The molecule has 0 radical (unpaired) electrons. The predicted molar refractivity (Wildman–Crippen MR) is 68.3 cm³/mol. The summed E-state index contributed by atoms with van der Waals surface area (Å²) in [6, 6.07) is 5.53. The van der Waals surface area contributed by atoms with E-state index in [1.54, 1.807) is 6.07 Å². The Kier molecular flexibility index (Phi) is 3.86. The summed E-state index contributed by atoms with van der Waals surface area (Å²) in [5.41, 5.74) is 2.84. The number of aliphatic hydroxyl groups is 2. The Balaban J connectivity index is 2.24. The van der Waals surface area contributed by atoms with Gasteiger partial charge >= 0.3 is 0 Å². The first-order chi connectivity index (χ1) is 8.11. The Morgan fingerprint density at radius 1 is 1.24 bits per heavy atom. The summed E-state index contributed by atoms with van der Waals surface area (Å²) < 4.78 is 0. The maximum Gasteiger partial charge on any atom is 0.137 e. The molecule has 0 amide bonds. The van der Waals surface area contributed by atoms with Crippen LogP contribution in [0.5, 0.6) is 0 Å². The fourth-order valence-corrected chi connectivity index (χ4v) is 2.33. The molecule has 2 unspecified atom stereocenters. The minimum atomic E-state index is -0.907. The molecule has 1 aliphatic rings. The van der Waals surface area contributed by atoms with E-state index in [4.69, 9.17) is 0 Å². The highest BCUT2D eigenvalue weighted by Crippen LogP contribution is 2.25. The van der Waals surface area contributed by atoms with Crippen LogP contribution in [-0.4, -0.2) is 27.9 Å². The maximum absolute atomic E-state index is 11.3. The molecule has 0 aliphatic heterocycles. The van der Waals surface area contributed by atoms with Crippen LogP contribution >= 0.6 is 12.6 Å². The number of thiol groups is 1. The van der Waals surface area contributed by atoms with Crippen LogP contribution in [0, 0.1) is 0 Å². The van der Waals surface area contributed by atoms with Crippen LogP contribution in [-0.2, 0) is 17.6 Å². The van der Waals surface area contributed by atoms with Crippen LogP contribution in [0.1, 0.15) is 29.2 Å². The number of carbonyl (C=O) groups excluding carboxylic acids is 1. The van der Waals surface area contributed by atoms with Gasteiger partial charge in [-0.3, -0.25) is 4.79 Å². The van der Waals surface area contributed by atoms with Crippen molar-refractivity contribution < 1.29 is 15.0 Å². The van der Waals surface area contributed by atoms with Crippen molar-refractivity contribution in [2.24, 2.45) is 0 Å². The second-order valence-electron chi connectivity index (χ2n) is 4.44. The molecule has 1 aromatic carbocycles. The fraction of sp³-hybridized carbons (Fsp3) is 0.462. The highest BCUT2D eigenvalue weighted by atomic mass is 32.1. The molecule has 0 bridgehead atoms. The van der Waals surface area contributed by atoms with E-state index in [0.29, 0.717) is 18.4 Å². The first-order valence-electron chi connectivity index (χ1n) is 5.72. The zero-order valence-electron chi connectivity index (χ0n) is 9.47. The molecular weight excluding hydrogens is 236 g/mol. The molecule has 92 valence electrons. The number of ketones is 1. The third-order valence-electron chi connectivity index (χ3n) is 3.18. The van der Waals surface area contributed by atoms with Crippen molar-refractivity contribution >= 4 is 18.4 Å². The second-order valence-corrected chi connectivity index (χ2v) is 4.80. The maximum atomic E-state index is 11.3. The minimum absolute atomic E-state index is 0.219. The lowest BCUT2D eigenvalue weighted by Gasteiger charge is -2.20. The zero-order chi connectivity index (χ0) is 12.4. The second kappa shape index (κ2) is 5.21. The number of rotatable bonds is 3. The van der Waals surface area contributed by atoms with Crippen LogP contribution in [0.2, 0.25) is 0 Å². The van der Waals surface area contributed by atoms with Gasteiger partial charge in [0.05, 0.1) is 6.10 Å². The van der Waals surface area contributed by atoms with Crippen molar-refractivity contribution in [3.63, 3.8) is 0 Å². The lowest BCUT2D eigenvalue weighted by atomic mass is 9.88. The number of benzene rings is 1. The lowest BCUT2D eigenvalue weighted by Crippen LogP contribution is -2.21. The van der Waals surface area contributed by atoms with Crippen LogP contribution in [0.4, 0.5) is 0 Å². The van der Waals surface area contributed by atoms with E-state index < -0.39 is 12.2 Å². The first-order valence-corrected chi connectivity index (χ1v) is 6.35. The number of fused-ring (bicyclic) bond motifs is 1. The van der Waals surface area contributed by atoms with Gasteiger partial charge in [-0.15, -0.1) is 0 Å². The fourth-order valence-electron chi connectivity index (χ4n) is 2.13. The Bertz CT molecular complexity index is 431. The first kappa shape index (κ1) is 12.6. The van der Waals surface area contributed by atoms with E-state index in [9.17, 15) is 15.0 Å². The largest absolute Gasteiger partial charge is 0.389 e. The minimum Gasteiger partial charge on any atom is -0.389 e. The van der Waals surface area contributed by atoms with Crippen LogP contribution < -0.4 is 0 Å². The highest BCUT2D eigenvalue weighted by molar-refractivity contribution is 7.80.